The molecule has 0 unspecified atom stereocenters. The van der Waals surface area contributed by atoms with Crippen molar-refractivity contribution in [2.75, 3.05) is 16.8 Å². The third-order valence-electron chi connectivity index (χ3n) is 2.68. The second-order valence-electron chi connectivity index (χ2n) is 4.10. The maximum atomic E-state index is 12.0. The molecule has 1 aromatic rings. The highest BCUT2D eigenvalue weighted by Gasteiger charge is 2.30. The van der Waals surface area contributed by atoms with Crippen molar-refractivity contribution in [2.45, 2.75) is 25.2 Å². The van der Waals surface area contributed by atoms with E-state index in [2.05, 4.69) is 10.1 Å². The third kappa shape index (κ3) is 4.33. The molecule has 0 aliphatic carbocycles. The van der Waals surface area contributed by atoms with E-state index in [1.165, 1.54) is 12.1 Å². The molecule has 18 heavy (non-hydrogen) atoms. The number of rotatable bonds is 3. The van der Waals surface area contributed by atoms with E-state index < -0.39 is 6.36 Å². The monoisotopic (exact) mass is 277 g/mol. The maximum absolute atomic E-state index is 12.0. The molecule has 0 bridgehead atoms. The molecule has 0 aromatic heterocycles. The molecule has 1 fully saturated rings. The molecule has 0 radical (unpaired) electrons. The van der Waals surface area contributed by atoms with Crippen molar-refractivity contribution in [1.29, 1.82) is 0 Å². The van der Waals surface area contributed by atoms with E-state index in [4.69, 9.17) is 0 Å². The quantitative estimate of drug-likeness (QED) is 0.905. The molecular formula is C12H14F3NOS. The number of benzene rings is 1. The van der Waals surface area contributed by atoms with Crippen LogP contribution in [0.25, 0.3) is 0 Å². The van der Waals surface area contributed by atoms with Gasteiger partial charge in [0.1, 0.15) is 5.75 Å². The van der Waals surface area contributed by atoms with Crippen molar-refractivity contribution in [1.82, 2.24) is 0 Å². The van der Waals surface area contributed by atoms with Gasteiger partial charge in [0.25, 0.3) is 0 Å². The van der Waals surface area contributed by atoms with Gasteiger partial charge in [0.05, 0.1) is 0 Å². The Labute approximate surface area is 108 Å². The highest BCUT2D eigenvalue weighted by Crippen LogP contribution is 2.25. The number of hydrogen-bond acceptors (Lipinski definition) is 3. The van der Waals surface area contributed by atoms with Crippen molar-refractivity contribution in [3.8, 4) is 5.75 Å². The van der Waals surface area contributed by atoms with Gasteiger partial charge in [-0.1, -0.05) is 0 Å². The Morgan fingerprint density at radius 3 is 2.28 bits per heavy atom. The van der Waals surface area contributed by atoms with Gasteiger partial charge in [0.2, 0.25) is 0 Å². The molecule has 2 rings (SSSR count). The van der Waals surface area contributed by atoms with Crippen molar-refractivity contribution < 1.29 is 17.9 Å². The first kappa shape index (κ1) is 13.4. The van der Waals surface area contributed by atoms with Gasteiger partial charge in [0, 0.05) is 11.7 Å². The van der Waals surface area contributed by atoms with E-state index in [1.807, 2.05) is 11.8 Å². The second kappa shape index (κ2) is 5.73. The average Bonchev–Trinajstić information content (AvgIpc) is 2.31. The lowest BCUT2D eigenvalue weighted by molar-refractivity contribution is -0.274. The molecule has 1 saturated heterocycles. The third-order valence-corrected chi connectivity index (χ3v) is 3.73. The molecule has 100 valence electrons. The van der Waals surface area contributed by atoms with E-state index in [-0.39, 0.29) is 5.75 Å². The molecule has 0 amide bonds. The summed E-state index contributed by atoms with van der Waals surface area (Å²) in [4.78, 5) is 0. The van der Waals surface area contributed by atoms with Gasteiger partial charge < -0.3 is 10.1 Å². The van der Waals surface area contributed by atoms with Gasteiger partial charge in [0.15, 0.2) is 0 Å². The molecule has 6 heteroatoms. The minimum absolute atomic E-state index is 0.188. The van der Waals surface area contributed by atoms with Crippen LogP contribution in [0.1, 0.15) is 12.8 Å². The maximum Gasteiger partial charge on any atom is 0.573 e. The Kier molecular flexibility index (Phi) is 4.27. The standard InChI is InChI=1S/C12H14F3NOS/c13-12(14,15)17-11-3-1-9(2-4-11)16-10-5-7-18-8-6-10/h1-4,10,16H,5-8H2. The van der Waals surface area contributed by atoms with Crippen LogP contribution in [0.5, 0.6) is 5.75 Å². The topological polar surface area (TPSA) is 21.3 Å². The molecule has 0 saturated carbocycles. The number of anilines is 1. The largest absolute Gasteiger partial charge is 0.573 e. The van der Waals surface area contributed by atoms with Crippen LogP contribution in [0.3, 0.4) is 0 Å². The van der Waals surface area contributed by atoms with Gasteiger partial charge in [-0.3, -0.25) is 0 Å². The molecule has 0 atom stereocenters. The van der Waals surface area contributed by atoms with Gasteiger partial charge in [-0.05, 0) is 48.6 Å². The zero-order valence-electron chi connectivity index (χ0n) is 9.67. The zero-order valence-corrected chi connectivity index (χ0v) is 10.5. The molecule has 0 spiro atoms. The van der Waals surface area contributed by atoms with Gasteiger partial charge >= 0.3 is 6.36 Å². The lowest BCUT2D eigenvalue weighted by Gasteiger charge is -2.23. The van der Waals surface area contributed by atoms with Crippen molar-refractivity contribution in [3.05, 3.63) is 24.3 Å². The van der Waals surface area contributed by atoms with Crippen LogP contribution in [0.4, 0.5) is 18.9 Å². The second-order valence-corrected chi connectivity index (χ2v) is 5.33. The van der Waals surface area contributed by atoms with E-state index in [0.29, 0.717) is 6.04 Å². The fraction of sp³-hybridized carbons (Fsp3) is 0.500. The Bertz CT molecular complexity index is 374. The van der Waals surface area contributed by atoms with Crippen LogP contribution in [0.2, 0.25) is 0 Å². The average molecular weight is 277 g/mol. The van der Waals surface area contributed by atoms with Gasteiger partial charge in [-0.2, -0.15) is 11.8 Å². The summed E-state index contributed by atoms with van der Waals surface area (Å²) in [5, 5.41) is 3.32. The minimum atomic E-state index is -4.63. The highest BCUT2D eigenvalue weighted by atomic mass is 32.2. The number of nitrogens with one attached hydrogen (secondary N) is 1. The predicted octanol–water partition coefficient (Wildman–Crippen LogP) is 3.89. The summed E-state index contributed by atoms with van der Waals surface area (Å²) in [5.41, 5.74) is 0.835. The van der Waals surface area contributed by atoms with Crippen LogP contribution in [0, 0.1) is 0 Å². The summed E-state index contributed by atoms with van der Waals surface area (Å²) in [5.74, 6) is 2.08. The number of hydrogen-bond donors (Lipinski definition) is 1. The van der Waals surface area contributed by atoms with Crippen LogP contribution in [0.15, 0.2) is 24.3 Å². The summed E-state index contributed by atoms with van der Waals surface area (Å²) >= 11 is 1.93. The normalized spacial score (nSPS) is 17.5. The van der Waals surface area contributed by atoms with E-state index in [1.54, 1.807) is 12.1 Å². The first-order chi connectivity index (χ1) is 8.53. The van der Waals surface area contributed by atoms with Crippen molar-refractivity contribution >= 4 is 17.4 Å². The Morgan fingerprint density at radius 2 is 1.72 bits per heavy atom. The zero-order chi connectivity index (χ0) is 13.0. The van der Waals surface area contributed by atoms with Crippen LogP contribution < -0.4 is 10.1 Å². The Balaban J connectivity index is 1.90. The summed E-state index contributed by atoms with van der Waals surface area (Å²) < 4.78 is 39.7. The number of halogens is 3. The first-order valence-electron chi connectivity index (χ1n) is 5.73. The van der Waals surface area contributed by atoms with Gasteiger partial charge in [-0.15, -0.1) is 13.2 Å². The van der Waals surface area contributed by atoms with Crippen LogP contribution >= 0.6 is 11.8 Å². The molecule has 1 heterocycles. The summed E-state index contributed by atoms with van der Waals surface area (Å²) in [6.07, 6.45) is -2.45. The lowest BCUT2D eigenvalue weighted by Crippen LogP contribution is -2.24. The Morgan fingerprint density at radius 1 is 1.11 bits per heavy atom. The molecule has 1 aliphatic rings. The fourth-order valence-electron chi connectivity index (χ4n) is 1.83. The van der Waals surface area contributed by atoms with E-state index in [0.717, 1.165) is 30.0 Å². The van der Waals surface area contributed by atoms with Crippen molar-refractivity contribution in [3.63, 3.8) is 0 Å². The van der Waals surface area contributed by atoms with E-state index >= 15 is 0 Å². The molecule has 1 aromatic carbocycles. The Hall–Kier alpha value is -1.04. The highest BCUT2D eigenvalue weighted by molar-refractivity contribution is 7.99. The lowest BCUT2D eigenvalue weighted by atomic mass is 10.1. The number of alkyl halides is 3. The number of ether oxygens (including phenoxy) is 1. The van der Waals surface area contributed by atoms with E-state index in [9.17, 15) is 13.2 Å². The fourth-order valence-corrected chi connectivity index (χ4v) is 2.94. The molecule has 1 N–H and O–H groups in total. The number of thioether (sulfide) groups is 1. The van der Waals surface area contributed by atoms with Crippen molar-refractivity contribution in [2.24, 2.45) is 0 Å². The predicted molar refractivity (Wildman–Crippen MR) is 67.1 cm³/mol. The van der Waals surface area contributed by atoms with Gasteiger partial charge in [-0.25, -0.2) is 0 Å². The first-order valence-corrected chi connectivity index (χ1v) is 6.88. The minimum Gasteiger partial charge on any atom is -0.406 e. The smallest absolute Gasteiger partial charge is 0.406 e. The molecule has 2 nitrogen and oxygen atoms in total. The summed E-state index contributed by atoms with van der Waals surface area (Å²) in [7, 11) is 0. The SMILES string of the molecule is FC(F)(F)Oc1ccc(NC2CCSCC2)cc1. The summed E-state index contributed by atoms with van der Waals surface area (Å²) in [6.45, 7) is 0. The van der Waals surface area contributed by atoms with Crippen LogP contribution in [-0.2, 0) is 0 Å². The molecule has 1 aliphatic heterocycles. The molecular weight excluding hydrogens is 263 g/mol. The van der Waals surface area contributed by atoms with Crippen LogP contribution in [-0.4, -0.2) is 23.9 Å². The summed E-state index contributed by atoms with van der Waals surface area (Å²) in [6, 6.07) is 6.30.